The smallest absolute Gasteiger partial charge is 0.244 e. The molecule has 0 aliphatic carbocycles. The molecule has 1 aromatic heterocycles. The third-order valence-corrected chi connectivity index (χ3v) is 8.82. The summed E-state index contributed by atoms with van der Waals surface area (Å²) in [6, 6.07) is 20.2. The molecule has 6 nitrogen and oxygen atoms in total. The van der Waals surface area contributed by atoms with Gasteiger partial charge in [0.2, 0.25) is 10.0 Å². The number of fused-ring (bicyclic) bond motifs is 1. The molecular formula is C24H19Cl3N4O2S. The average Bonchev–Trinajstić information content (AvgIpc) is 2.86. The van der Waals surface area contributed by atoms with Gasteiger partial charge in [-0.2, -0.15) is 4.31 Å². The van der Waals surface area contributed by atoms with Gasteiger partial charge in [0.05, 0.1) is 26.1 Å². The maximum Gasteiger partial charge on any atom is 0.244 e. The number of aromatic nitrogens is 2. The summed E-state index contributed by atoms with van der Waals surface area (Å²) < 4.78 is 28.0. The second-order valence-electron chi connectivity index (χ2n) is 7.84. The van der Waals surface area contributed by atoms with Crippen LogP contribution in [0.5, 0.6) is 0 Å². The van der Waals surface area contributed by atoms with Crippen LogP contribution in [-0.4, -0.2) is 48.9 Å². The van der Waals surface area contributed by atoms with Crippen LogP contribution in [0.25, 0.3) is 22.3 Å². The van der Waals surface area contributed by atoms with E-state index in [1.165, 1.54) is 16.4 Å². The summed E-state index contributed by atoms with van der Waals surface area (Å²) in [6.07, 6.45) is 0. The molecule has 0 saturated carbocycles. The van der Waals surface area contributed by atoms with Crippen LogP contribution in [0.2, 0.25) is 15.1 Å². The Bertz CT molecular complexity index is 1470. The minimum absolute atomic E-state index is 0.0450. The molecule has 0 spiro atoms. The Hall–Kier alpha value is -2.42. The van der Waals surface area contributed by atoms with Crippen LogP contribution in [-0.2, 0) is 10.0 Å². The van der Waals surface area contributed by atoms with E-state index >= 15 is 0 Å². The summed E-state index contributed by atoms with van der Waals surface area (Å²) in [7, 11) is -3.84. The molecule has 0 N–H and O–H groups in total. The lowest BCUT2D eigenvalue weighted by Gasteiger charge is -2.35. The highest BCUT2D eigenvalue weighted by molar-refractivity contribution is 7.89. The molecule has 4 aromatic rings. The number of benzene rings is 3. The number of nitrogens with zero attached hydrogens (tertiary/aromatic N) is 4. The first-order chi connectivity index (χ1) is 16.3. The molecule has 0 radical (unpaired) electrons. The Labute approximate surface area is 212 Å². The second kappa shape index (κ2) is 9.32. The quantitative estimate of drug-likeness (QED) is 0.312. The largest absolute Gasteiger partial charge is 0.352 e. The fraction of sp³-hybridized carbons (Fsp3) is 0.167. The molecule has 0 atom stereocenters. The normalized spacial score (nSPS) is 15.1. The van der Waals surface area contributed by atoms with Crippen molar-refractivity contribution in [2.75, 3.05) is 31.1 Å². The summed E-state index contributed by atoms with van der Waals surface area (Å²) in [4.78, 5) is 11.8. The zero-order valence-electron chi connectivity index (χ0n) is 17.8. The van der Waals surface area contributed by atoms with Gasteiger partial charge >= 0.3 is 0 Å². The first-order valence-corrected chi connectivity index (χ1v) is 13.1. The predicted molar refractivity (Wildman–Crippen MR) is 137 cm³/mol. The number of sulfonamides is 1. The molecule has 10 heteroatoms. The SMILES string of the molecule is O=S(=O)(c1cc(Cl)c(Cl)cc1Cl)N1CCN(c2nc3ccccc3nc2-c2ccccc2)CC1. The number of para-hydroxylation sites is 2. The van der Waals surface area contributed by atoms with E-state index < -0.39 is 10.0 Å². The number of halogens is 3. The molecule has 5 rings (SSSR count). The van der Waals surface area contributed by atoms with Gasteiger partial charge in [0.25, 0.3) is 0 Å². The Kier molecular flexibility index (Phi) is 6.39. The van der Waals surface area contributed by atoms with Crippen LogP contribution in [0.1, 0.15) is 0 Å². The van der Waals surface area contributed by atoms with E-state index in [-0.39, 0.29) is 33.1 Å². The van der Waals surface area contributed by atoms with Gasteiger partial charge in [0.1, 0.15) is 10.6 Å². The first kappa shape index (κ1) is 23.3. The Morgan fingerprint density at radius 3 is 1.97 bits per heavy atom. The molecule has 0 unspecified atom stereocenters. The number of piperazine rings is 1. The minimum Gasteiger partial charge on any atom is -0.352 e. The van der Waals surface area contributed by atoms with Gasteiger partial charge in [-0.3, -0.25) is 0 Å². The van der Waals surface area contributed by atoms with E-state index in [1.54, 1.807) is 0 Å². The van der Waals surface area contributed by atoms with Crippen molar-refractivity contribution >= 4 is 61.7 Å². The van der Waals surface area contributed by atoms with Crippen LogP contribution in [0, 0.1) is 0 Å². The zero-order valence-corrected chi connectivity index (χ0v) is 20.9. The molecule has 2 heterocycles. The van der Waals surface area contributed by atoms with E-state index in [0.29, 0.717) is 13.1 Å². The third-order valence-electron chi connectivity index (χ3n) is 5.73. The lowest BCUT2D eigenvalue weighted by molar-refractivity contribution is 0.384. The van der Waals surface area contributed by atoms with Crippen molar-refractivity contribution in [1.29, 1.82) is 0 Å². The Morgan fingerprint density at radius 2 is 1.29 bits per heavy atom. The molecule has 1 fully saturated rings. The van der Waals surface area contributed by atoms with Crippen molar-refractivity contribution in [2.45, 2.75) is 4.90 Å². The average molecular weight is 534 g/mol. The van der Waals surface area contributed by atoms with Gasteiger partial charge < -0.3 is 4.90 Å². The maximum atomic E-state index is 13.3. The molecular weight excluding hydrogens is 515 g/mol. The Morgan fingerprint density at radius 1 is 0.706 bits per heavy atom. The van der Waals surface area contributed by atoms with E-state index in [9.17, 15) is 8.42 Å². The van der Waals surface area contributed by atoms with Gasteiger partial charge in [-0.05, 0) is 24.3 Å². The fourth-order valence-electron chi connectivity index (χ4n) is 3.98. The predicted octanol–water partition coefficient (Wildman–Crippen LogP) is 5.77. The molecule has 34 heavy (non-hydrogen) atoms. The van der Waals surface area contributed by atoms with Crippen LogP contribution in [0.4, 0.5) is 5.82 Å². The number of anilines is 1. The first-order valence-electron chi connectivity index (χ1n) is 10.6. The topological polar surface area (TPSA) is 66.4 Å². The minimum atomic E-state index is -3.84. The lowest BCUT2D eigenvalue weighted by Crippen LogP contribution is -2.49. The molecule has 3 aromatic carbocycles. The summed E-state index contributed by atoms with van der Waals surface area (Å²) in [5, 5.41) is 0.393. The fourth-order valence-corrected chi connectivity index (χ4v) is 6.38. The monoisotopic (exact) mass is 532 g/mol. The summed E-state index contributed by atoms with van der Waals surface area (Å²) >= 11 is 18.2. The highest BCUT2D eigenvalue weighted by Crippen LogP contribution is 2.35. The summed E-state index contributed by atoms with van der Waals surface area (Å²) in [5.41, 5.74) is 3.31. The van der Waals surface area contributed by atoms with Gasteiger partial charge in [-0.1, -0.05) is 77.3 Å². The van der Waals surface area contributed by atoms with Crippen molar-refractivity contribution in [3.8, 4) is 11.3 Å². The highest BCUT2D eigenvalue weighted by Gasteiger charge is 2.32. The van der Waals surface area contributed by atoms with E-state index in [0.717, 1.165) is 28.1 Å². The van der Waals surface area contributed by atoms with E-state index in [2.05, 4.69) is 4.90 Å². The van der Waals surface area contributed by atoms with E-state index in [4.69, 9.17) is 44.8 Å². The lowest BCUT2D eigenvalue weighted by atomic mass is 10.1. The third kappa shape index (κ3) is 4.34. The Balaban J connectivity index is 1.46. The van der Waals surface area contributed by atoms with Crippen LogP contribution in [0.3, 0.4) is 0 Å². The van der Waals surface area contributed by atoms with Crippen molar-refractivity contribution in [3.63, 3.8) is 0 Å². The van der Waals surface area contributed by atoms with Crippen LogP contribution in [0.15, 0.2) is 71.6 Å². The van der Waals surface area contributed by atoms with Gasteiger partial charge in [-0.25, -0.2) is 18.4 Å². The molecule has 0 bridgehead atoms. The van der Waals surface area contributed by atoms with Gasteiger partial charge in [-0.15, -0.1) is 0 Å². The molecule has 1 saturated heterocycles. The van der Waals surface area contributed by atoms with Crippen LogP contribution >= 0.6 is 34.8 Å². The van der Waals surface area contributed by atoms with Crippen LogP contribution < -0.4 is 4.90 Å². The van der Waals surface area contributed by atoms with E-state index in [1.807, 2.05) is 54.6 Å². The number of hydrogen-bond donors (Lipinski definition) is 0. The number of hydrogen-bond acceptors (Lipinski definition) is 5. The standard InChI is InChI=1S/C24H19Cl3N4O2S/c25-17-14-19(27)22(15-18(17)26)34(32,33)31-12-10-30(11-13-31)24-23(16-6-2-1-3-7-16)28-20-8-4-5-9-21(20)29-24/h1-9,14-15H,10-13H2. The van der Waals surface area contributed by atoms with Crippen molar-refractivity contribution in [1.82, 2.24) is 14.3 Å². The molecule has 1 aliphatic heterocycles. The summed E-state index contributed by atoms with van der Waals surface area (Å²) in [5.74, 6) is 0.731. The van der Waals surface area contributed by atoms with Gasteiger partial charge in [0, 0.05) is 31.7 Å². The molecule has 0 amide bonds. The zero-order chi connectivity index (χ0) is 23.9. The van der Waals surface area contributed by atoms with Crippen molar-refractivity contribution < 1.29 is 8.42 Å². The van der Waals surface area contributed by atoms with Crippen molar-refractivity contribution in [3.05, 3.63) is 81.8 Å². The highest BCUT2D eigenvalue weighted by atomic mass is 35.5. The second-order valence-corrected chi connectivity index (χ2v) is 11.0. The van der Waals surface area contributed by atoms with Crippen molar-refractivity contribution in [2.24, 2.45) is 0 Å². The molecule has 1 aliphatic rings. The molecule has 174 valence electrons. The number of rotatable bonds is 4. The van der Waals surface area contributed by atoms with Gasteiger partial charge in [0.15, 0.2) is 5.82 Å². The summed E-state index contributed by atoms with van der Waals surface area (Å²) in [6.45, 7) is 1.43. The maximum absolute atomic E-state index is 13.3.